The number of carbonyl (C=O) groups excluding carboxylic acids is 1. The largest absolute Gasteiger partial charge is 0.499 e. The Morgan fingerprint density at radius 2 is 2.09 bits per heavy atom. The Balaban J connectivity index is 1.46. The zero-order chi connectivity index (χ0) is 24.4. The Morgan fingerprint density at radius 1 is 1.29 bits per heavy atom. The van der Waals surface area contributed by atoms with E-state index >= 15 is 0 Å². The fourth-order valence-electron chi connectivity index (χ4n) is 3.76. The summed E-state index contributed by atoms with van der Waals surface area (Å²) in [6.45, 7) is 6.54. The number of nitrogens with zero attached hydrogens (tertiary/aromatic N) is 5. The van der Waals surface area contributed by atoms with Crippen LogP contribution in [0.15, 0.2) is 42.9 Å². The number of methoxy groups -OCH3 is 2. The van der Waals surface area contributed by atoms with Crippen molar-refractivity contribution in [3.05, 3.63) is 65.6 Å². The molecule has 0 unspecified atom stereocenters. The van der Waals surface area contributed by atoms with Crippen LogP contribution < -0.4 is 20.3 Å². The van der Waals surface area contributed by atoms with Gasteiger partial charge in [-0.25, -0.2) is 9.37 Å². The molecule has 10 nitrogen and oxygen atoms in total. The van der Waals surface area contributed by atoms with E-state index in [1.807, 2.05) is 6.20 Å². The van der Waals surface area contributed by atoms with Gasteiger partial charge < -0.3 is 25.0 Å². The summed E-state index contributed by atoms with van der Waals surface area (Å²) in [5.74, 6) is 0.850. The molecule has 0 radical (unpaired) electrons. The average molecular weight is 468 g/mol. The molecule has 3 aromatic rings. The number of anilines is 3. The van der Waals surface area contributed by atoms with E-state index in [-0.39, 0.29) is 11.7 Å². The number of halogens is 1. The third kappa shape index (κ3) is 4.49. The van der Waals surface area contributed by atoms with Crippen molar-refractivity contribution in [2.24, 2.45) is 0 Å². The number of aryl methyl sites for hydroxylation is 1. The molecule has 2 aromatic heterocycles. The van der Waals surface area contributed by atoms with Gasteiger partial charge >= 0.3 is 0 Å². The van der Waals surface area contributed by atoms with Crippen molar-refractivity contribution >= 4 is 23.4 Å². The van der Waals surface area contributed by atoms with E-state index in [0.717, 1.165) is 11.1 Å². The fraction of sp³-hybridized carbons (Fsp3) is 0.304. The molecule has 2 N–H and O–H groups in total. The van der Waals surface area contributed by atoms with Crippen LogP contribution >= 0.6 is 0 Å². The summed E-state index contributed by atoms with van der Waals surface area (Å²) in [7, 11) is 4.67. The van der Waals surface area contributed by atoms with Crippen LogP contribution in [0.4, 0.5) is 21.8 Å². The molecule has 0 spiro atoms. The molecule has 1 aliphatic rings. The average Bonchev–Trinajstić information content (AvgIpc) is 3.26. The first-order chi connectivity index (χ1) is 16.3. The van der Waals surface area contributed by atoms with E-state index in [2.05, 4.69) is 32.3 Å². The number of benzene rings is 1. The molecule has 0 saturated heterocycles. The second-order valence-electron chi connectivity index (χ2n) is 7.87. The molecule has 0 saturated carbocycles. The highest BCUT2D eigenvalue weighted by Crippen LogP contribution is 2.34. The molecule has 4 rings (SSSR count). The van der Waals surface area contributed by atoms with Crippen LogP contribution in [0.3, 0.4) is 0 Å². The van der Waals surface area contributed by atoms with Crippen LogP contribution in [-0.4, -0.2) is 53.0 Å². The number of rotatable bonds is 8. The van der Waals surface area contributed by atoms with Gasteiger partial charge in [0.05, 0.1) is 32.7 Å². The molecule has 34 heavy (non-hydrogen) atoms. The van der Waals surface area contributed by atoms with Gasteiger partial charge in [0, 0.05) is 25.4 Å². The summed E-state index contributed by atoms with van der Waals surface area (Å²) in [5, 5.41) is 10.4. The fourth-order valence-corrected chi connectivity index (χ4v) is 3.76. The molecule has 11 heteroatoms. The maximum absolute atomic E-state index is 13.6. The second kappa shape index (κ2) is 9.38. The van der Waals surface area contributed by atoms with Crippen molar-refractivity contribution in [1.82, 2.24) is 19.7 Å². The third-order valence-electron chi connectivity index (χ3n) is 5.55. The summed E-state index contributed by atoms with van der Waals surface area (Å²) in [6, 6.07) is 4.03. The molecule has 1 amide bonds. The number of likely N-dealkylation sites (N-methyl/N-ethyl adjacent to an activating group) is 1. The molecule has 1 aromatic carbocycles. The van der Waals surface area contributed by atoms with Gasteiger partial charge in [-0.2, -0.15) is 10.1 Å². The molecule has 0 aliphatic carbocycles. The van der Waals surface area contributed by atoms with Crippen LogP contribution in [0.5, 0.6) is 5.75 Å². The third-order valence-corrected chi connectivity index (χ3v) is 5.55. The van der Waals surface area contributed by atoms with Crippen molar-refractivity contribution in [3.8, 4) is 5.75 Å². The van der Waals surface area contributed by atoms with Crippen molar-refractivity contribution in [2.45, 2.75) is 26.1 Å². The van der Waals surface area contributed by atoms with E-state index in [4.69, 9.17) is 9.47 Å². The molecular formula is C23H26FN7O3. The Morgan fingerprint density at radius 3 is 2.82 bits per heavy atom. The van der Waals surface area contributed by atoms with Gasteiger partial charge in [0.2, 0.25) is 5.95 Å². The minimum atomic E-state index is -0.692. The number of fused-ring (bicyclic) bond motifs is 1. The van der Waals surface area contributed by atoms with Crippen molar-refractivity contribution in [3.63, 3.8) is 0 Å². The predicted molar refractivity (Wildman–Crippen MR) is 125 cm³/mol. The van der Waals surface area contributed by atoms with Crippen LogP contribution in [0.25, 0.3) is 0 Å². The highest BCUT2D eigenvalue weighted by molar-refractivity contribution is 6.04. The first kappa shape index (κ1) is 23.0. The minimum absolute atomic E-state index is 0.198. The lowest BCUT2D eigenvalue weighted by Crippen LogP contribution is -2.48. The van der Waals surface area contributed by atoms with Gasteiger partial charge in [0.1, 0.15) is 11.4 Å². The lowest BCUT2D eigenvalue weighted by atomic mass is 10.1. The number of hydrogen-bond donors (Lipinski definition) is 2. The van der Waals surface area contributed by atoms with Crippen LogP contribution in [-0.2, 0) is 22.6 Å². The van der Waals surface area contributed by atoms with Gasteiger partial charge in [0.25, 0.3) is 5.91 Å². The van der Waals surface area contributed by atoms with E-state index in [1.165, 1.54) is 20.3 Å². The first-order valence-electron chi connectivity index (χ1n) is 10.5. The lowest BCUT2D eigenvalue weighted by molar-refractivity contribution is -0.117. The van der Waals surface area contributed by atoms with E-state index in [1.54, 1.807) is 41.9 Å². The minimum Gasteiger partial charge on any atom is -0.499 e. The maximum atomic E-state index is 13.6. The first-order valence-corrected chi connectivity index (χ1v) is 10.5. The predicted octanol–water partition coefficient (Wildman–Crippen LogP) is 2.71. The number of aromatic nitrogens is 4. The topological polar surface area (TPSA) is 106 Å². The summed E-state index contributed by atoms with van der Waals surface area (Å²) < 4.78 is 25.6. The van der Waals surface area contributed by atoms with E-state index in [9.17, 15) is 9.18 Å². The van der Waals surface area contributed by atoms with Crippen LogP contribution in [0.1, 0.15) is 16.8 Å². The number of amides is 1. The van der Waals surface area contributed by atoms with Crippen LogP contribution in [0.2, 0.25) is 0 Å². The Hall–Kier alpha value is -4.15. The molecule has 1 aliphatic heterocycles. The Bertz CT molecular complexity index is 1240. The van der Waals surface area contributed by atoms with Crippen LogP contribution in [0, 0.1) is 12.7 Å². The molecule has 178 valence electrons. The number of carbonyl (C=O) groups is 1. The normalized spacial score (nSPS) is 14.9. The van der Waals surface area contributed by atoms with Gasteiger partial charge in [-0.1, -0.05) is 12.6 Å². The molecule has 0 fully saturated rings. The standard InChI is InChI=1S/C23H26FN7O3/c1-13-19-21(30(3)20(14(2)33-4)22(32)28-19)29-23(27-13)25-9-16-10-26-31(12-16)11-15-6-7-17(24)18(8-15)34-5/h6-8,10,12,20H,2,9,11H2,1,3-5H3,(H,28,32)(H,25,27,29)/t20-/m0/s1. The quantitative estimate of drug-likeness (QED) is 0.487. The molecule has 3 heterocycles. The highest BCUT2D eigenvalue weighted by Gasteiger charge is 2.36. The van der Waals surface area contributed by atoms with Gasteiger partial charge in [-0.05, 0) is 24.6 Å². The number of ether oxygens (including phenoxy) is 2. The van der Waals surface area contributed by atoms with Crippen molar-refractivity contribution < 1.29 is 18.7 Å². The van der Waals surface area contributed by atoms with Gasteiger partial charge in [0.15, 0.2) is 23.4 Å². The maximum Gasteiger partial charge on any atom is 0.255 e. The highest BCUT2D eigenvalue weighted by atomic mass is 19.1. The number of nitrogens with one attached hydrogen (secondary N) is 2. The molecule has 1 atom stereocenters. The summed E-state index contributed by atoms with van der Waals surface area (Å²) in [6.07, 6.45) is 3.63. The monoisotopic (exact) mass is 467 g/mol. The Labute approximate surface area is 196 Å². The SMILES string of the molecule is C=C(OC)[C@H]1C(=O)Nc2c(C)nc(NCc3cnn(Cc4ccc(F)c(OC)c4)c3)nc2N1C. The Kier molecular flexibility index (Phi) is 6.35. The smallest absolute Gasteiger partial charge is 0.255 e. The van der Waals surface area contributed by atoms with Crippen molar-refractivity contribution in [2.75, 3.05) is 36.8 Å². The molecular weight excluding hydrogens is 441 g/mol. The van der Waals surface area contributed by atoms with E-state index < -0.39 is 11.9 Å². The van der Waals surface area contributed by atoms with Gasteiger partial charge in [-0.3, -0.25) is 9.48 Å². The summed E-state index contributed by atoms with van der Waals surface area (Å²) in [5.41, 5.74) is 2.98. The van der Waals surface area contributed by atoms with E-state index in [0.29, 0.717) is 42.0 Å². The summed E-state index contributed by atoms with van der Waals surface area (Å²) >= 11 is 0. The zero-order valence-electron chi connectivity index (χ0n) is 19.4. The molecule has 0 bridgehead atoms. The van der Waals surface area contributed by atoms with Gasteiger partial charge in [-0.15, -0.1) is 0 Å². The second-order valence-corrected chi connectivity index (χ2v) is 7.87. The van der Waals surface area contributed by atoms with Crippen molar-refractivity contribution in [1.29, 1.82) is 0 Å². The zero-order valence-corrected chi connectivity index (χ0v) is 19.4. The number of hydrogen-bond acceptors (Lipinski definition) is 8. The summed E-state index contributed by atoms with van der Waals surface area (Å²) in [4.78, 5) is 23.3. The lowest BCUT2D eigenvalue weighted by Gasteiger charge is -2.34.